The number of amides is 3. The average Bonchev–Trinajstić information content (AvgIpc) is 3.36. The molecule has 0 atom stereocenters. The number of aromatic amines is 1. The number of benzene rings is 3. The van der Waals surface area contributed by atoms with Gasteiger partial charge in [0.1, 0.15) is 5.70 Å². The van der Waals surface area contributed by atoms with E-state index in [1.807, 2.05) is 6.07 Å². The maximum absolute atomic E-state index is 13.5. The van der Waals surface area contributed by atoms with Gasteiger partial charge in [0.25, 0.3) is 17.2 Å². The number of hydrogen-bond donors (Lipinski definition) is 2. The molecule has 2 N–H and O–H groups in total. The van der Waals surface area contributed by atoms with Crippen molar-refractivity contribution in [1.82, 2.24) is 20.0 Å². The first-order valence-electron chi connectivity index (χ1n) is 11.1. The van der Waals surface area contributed by atoms with Crippen molar-refractivity contribution in [3.8, 4) is 16.9 Å². The molecule has 1 aliphatic heterocycles. The number of urea groups is 1. The topological polar surface area (TPSA) is 130 Å². The number of aromatic nitrogens is 2. The van der Waals surface area contributed by atoms with Crippen LogP contribution in [0.3, 0.4) is 0 Å². The van der Waals surface area contributed by atoms with Crippen molar-refractivity contribution in [3.63, 3.8) is 0 Å². The summed E-state index contributed by atoms with van der Waals surface area (Å²) in [6, 6.07) is 20.8. The molecule has 0 spiro atoms. The molecule has 10 nitrogen and oxygen atoms in total. The Morgan fingerprint density at radius 3 is 2.41 bits per heavy atom. The van der Waals surface area contributed by atoms with Crippen molar-refractivity contribution < 1.29 is 14.5 Å². The predicted octanol–water partition coefficient (Wildman–Crippen LogP) is 4.49. The van der Waals surface area contributed by atoms with E-state index < -0.39 is 22.4 Å². The number of non-ortho nitro benzene ring substituents is 1. The minimum absolute atomic E-state index is 0.102. The lowest BCUT2D eigenvalue weighted by Crippen LogP contribution is -2.30. The van der Waals surface area contributed by atoms with Gasteiger partial charge in [0.15, 0.2) is 0 Å². The third kappa shape index (κ3) is 4.53. The molecule has 1 aromatic heterocycles. The Kier molecular flexibility index (Phi) is 6.16. The summed E-state index contributed by atoms with van der Waals surface area (Å²) in [6.07, 6.45) is 1.32. The van der Waals surface area contributed by atoms with Gasteiger partial charge in [-0.1, -0.05) is 66.2 Å². The van der Waals surface area contributed by atoms with Crippen molar-refractivity contribution in [2.75, 3.05) is 0 Å². The van der Waals surface area contributed by atoms with E-state index in [1.54, 1.807) is 54.6 Å². The lowest BCUT2D eigenvalue weighted by Gasteiger charge is -2.11. The van der Waals surface area contributed by atoms with Crippen molar-refractivity contribution >= 4 is 35.3 Å². The zero-order valence-electron chi connectivity index (χ0n) is 19.1. The number of carbonyl (C=O) groups excluding carboxylic acids is 2. The third-order valence-corrected chi connectivity index (χ3v) is 6.11. The van der Waals surface area contributed by atoms with Gasteiger partial charge in [0.2, 0.25) is 0 Å². The average molecular weight is 516 g/mol. The maximum atomic E-state index is 13.5. The molecule has 3 aromatic carbocycles. The van der Waals surface area contributed by atoms with Gasteiger partial charge in [-0.25, -0.2) is 9.48 Å². The van der Waals surface area contributed by atoms with Gasteiger partial charge in [0.05, 0.1) is 33.4 Å². The van der Waals surface area contributed by atoms with Crippen LogP contribution in [0.15, 0.2) is 89.4 Å². The second-order valence-corrected chi connectivity index (χ2v) is 8.57. The van der Waals surface area contributed by atoms with Crippen LogP contribution in [0.4, 0.5) is 10.5 Å². The molecule has 5 rings (SSSR count). The Morgan fingerprint density at radius 2 is 1.68 bits per heavy atom. The number of nitrogens with zero attached hydrogens (tertiary/aromatic N) is 3. The van der Waals surface area contributed by atoms with Crippen LogP contribution in [0.1, 0.15) is 11.1 Å². The molecular formula is C26H18ClN5O5. The highest BCUT2D eigenvalue weighted by Gasteiger charge is 2.34. The van der Waals surface area contributed by atoms with Gasteiger partial charge < -0.3 is 5.32 Å². The number of halogens is 1. The Bertz CT molecular complexity index is 1640. The zero-order chi connectivity index (χ0) is 26.1. The quantitative estimate of drug-likeness (QED) is 0.169. The van der Waals surface area contributed by atoms with E-state index in [-0.39, 0.29) is 23.5 Å². The molecule has 1 aliphatic rings. The summed E-state index contributed by atoms with van der Waals surface area (Å²) < 4.78 is 1.28. The second-order valence-electron chi connectivity index (χ2n) is 8.16. The fourth-order valence-electron chi connectivity index (χ4n) is 4.02. The molecule has 37 heavy (non-hydrogen) atoms. The zero-order valence-corrected chi connectivity index (χ0v) is 19.8. The van der Waals surface area contributed by atoms with Crippen LogP contribution >= 0.6 is 11.6 Å². The van der Waals surface area contributed by atoms with Gasteiger partial charge in [0, 0.05) is 17.7 Å². The number of rotatable bonds is 6. The number of H-pyrrole nitrogens is 1. The molecule has 1 saturated heterocycles. The summed E-state index contributed by atoms with van der Waals surface area (Å²) in [7, 11) is 0. The Labute approximate surface area is 214 Å². The molecule has 11 heteroatoms. The Hall–Kier alpha value is -4.96. The summed E-state index contributed by atoms with van der Waals surface area (Å²) in [5.74, 6) is -0.666. The predicted molar refractivity (Wildman–Crippen MR) is 137 cm³/mol. The number of imide groups is 1. The van der Waals surface area contributed by atoms with E-state index in [2.05, 4.69) is 10.4 Å². The van der Waals surface area contributed by atoms with E-state index in [1.165, 1.54) is 29.0 Å². The van der Waals surface area contributed by atoms with Crippen LogP contribution in [0.2, 0.25) is 5.02 Å². The van der Waals surface area contributed by atoms with Gasteiger partial charge >= 0.3 is 6.03 Å². The molecule has 0 saturated carbocycles. The third-order valence-electron chi connectivity index (χ3n) is 5.80. The van der Waals surface area contributed by atoms with E-state index in [0.29, 0.717) is 27.5 Å². The standard InChI is InChI=1S/C26H18ClN5O5/c27-20-11-4-5-12-22(20)31-24(33)19(23(29-31)17-8-2-1-3-9-17)14-21-25(34)30(26(35)28-21)15-16-7-6-10-18(13-16)32(36)37/h1-14,29H,15H2,(H,28,35)/b21-14-. The highest BCUT2D eigenvalue weighted by molar-refractivity contribution is 6.32. The summed E-state index contributed by atoms with van der Waals surface area (Å²) in [5.41, 5.74) is 1.36. The molecule has 184 valence electrons. The van der Waals surface area contributed by atoms with Gasteiger partial charge in [-0.3, -0.25) is 29.7 Å². The first-order valence-corrected chi connectivity index (χ1v) is 11.4. The molecule has 0 unspecified atom stereocenters. The maximum Gasteiger partial charge on any atom is 0.329 e. The molecule has 0 aliphatic carbocycles. The van der Waals surface area contributed by atoms with Crippen molar-refractivity contribution in [3.05, 3.63) is 121 Å². The first-order chi connectivity index (χ1) is 17.8. The van der Waals surface area contributed by atoms with Crippen LogP contribution in [-0.2, 0) is 11.3 Å². The highest BCUT2D eigenvalue weighted by atomic mass is 35.5. The fourth-order valence-corrected chi connectivity index (χ4v) is 4.24. The van der Waals surface area contributed by atoms with E-state index in [4.69, 9.17) is 11.6 Å². The molecule has 0 radical (unpaired) electrons. The van der Waals surface area contributed by atoms with Gasteiger partial charge in [-0.05, 0) is 23.8 Å². The SMILES string of the molecule is O=C1N/C(=C\c2c(-c3ccccc3)[nH]n(-c3ccccc3Cl)c2=O)C(=O)N1Cc1cccc([N+](=O)[O-])c1. The second kappa shape index (κ2) is 9.59. The molecular weight excluding hydrogens is 498 g/mol. The summed E-state index contributed by atoms with van der Waals surface area (Å²) in [4.78, 5) is 50.7. The molecule has 3 amide bonds. The van der Waals surface area contributed by atoms with Crippen LogP contribution in [0.25, 0.3) is 23.0 Å². The van der Waals surface area contributed by atoms with E-state index >= 15 is 0 Å². The Balaban J connectivity index is 1.55. The number of carbonyl (C=O) groups is 2. The van der Waals surface area contributed by atoms with Crippen molar-refractivity contribution in [2.45, 2.75) is 6.54 Å². The van der Waals surface area contributed by atoms with E-state index in [0.717, 1.165) is 4.90 Å². The van der Waals surface area contributed by atoms with Crippen molar-refractivity contribution in [2.24, 2.45) is 0 Å². The van der Waals surface area contributed by atoms with Crippen LogP contribution in [0.5, 0.6) is 0 Å². The lowest BCUT2D eigenvalue weighted by molar-refractivity contribution is -0.384. The number of para-hydroxylation sites is 1. The van der Waals surface area contributed by atoms with Crippen LogP contribution < -0.4 is 10.9 Å². The first kappa shape index (κ1) is 23.8. The minimum Gasteiger partial charge on any atom is -0.303 e. The summed E-state index contributed by atoms with van der Waals surface area (Å²) in [5, 5.41) is 17.0. The van der Waals surface area contributed by atoms with Crippen molar-refractivity contribution in [1.29, 1.82) is 0 Å². The molecule has 4 aromatic rings. The number of nitro benzene ring substituents is 1. The lowest BCUT2D eigenvalue weighted by atomic mass is 10.1. The minimum atomic E-state index is -0.703. The van der Waals surface area contributed by atoms with Crippen LogP contribution in [-0.4, -0.2) is 31.5 Å². The van der Waals surface area contributed by atoms with Gasteiger partial charge in [-0.2, -0.15) is 0 Å². The van der Waals surface area contributed by atoms with Gasteiger partial charge in [-0.15, -0.1) is 0 Å². The summed E-state index contributed by atoms with van der Waals surface area (Å²) >= 11 is 6.32. The normalized spacial score (nSPS) is 14.3. The monoisotopic (exact) mass is 515 g/mol. The van der Waals surface area contributed by atoms with E-state index in [9.17, 15) is 24.5 Å². The fraction of sp³-hybridized carbons (Fsp3) is 0.0385. The number of nitro groups is 1. The largest absolute Gasteiger partial charge is 0.329 e. The Morgan fingerprint density at radius 1 is 0.946 bits per heavy atom. The summed E-state index contributed by atoms with van der Waals surface area (Å²) in [6.45, 7) is -0.174. The molecule has 2 heterocycles. The number of hydrogen-bond acceptors (Lipinski definition) is 5. The van der Waals surface area contributed by atoms with Crippen LogP contribution in [0, 0.1) is 10.1 Å². The smallest absolute Gasteiger partial charge is 0.303 e. The number of nitrogens with one attached hydrogen (secondary N) is 2. The molecule has 0 bridgehead atoms. The molecule has 1 fully saturated rings. The highest BCUT2D eigenvalue weighted by Crippen LogP contribution is 2.26.